The Kier molecular flexibility index (Phi) is 8.80. The minimum Gasteiger partial charge on any atom is -0.486 e. The van der Waals surface area contributed by atoms with Crippen LogP contribution in [0.3, 0.4) is 0 Å². The van der Waals surface area contributed by atoms with E-state index in [0.29, 0.717) is 63.7 Å². The van der Waals surface area contributed by atoms with Gasteiger partial charge in [0.15, 0.2) is 0 Å². The van der Waals surface area contributed by atoms with E-state index in [4.69, 9.17) is 42.9 Å². The number of nitrogens with zero attached hydrogens (tertiary/aromatic N) is 3. The molecule has 0 spiro atoms. The third-order valence-electron chi connectivity index (χ3n) is 7.11. The van der Waals surface area contributed by atoms with Gasteiger partial charge < -0.3 is 19.7 Å². The Morgan fingerprint density at radius 3 is 2.55 bits per heavy atom. The van der Waals surface area contributed by atoms with Crippen molar-refractivity contribution in [3.63, 3.8) is 0 Å². The lowest BCUT2D eigenvalue weighted by molar-refractivity contribution is 0.0343. The van der Waals surface area contributed by atoms with Crippen molar-refractivity contribution in [2.45, 2.75) is 38.5 Å². The molecular formula is C28H32Cl2N6O3S. The number of anilines is 2. The van der Waals surface area contributed by atoms with Gasteiger partial charge in [0.25, 0.3) is 0 Å². The molecule has 1 unspecified atom stereocenters. The zero-order valence-electron chi connectivity index (χ0n) is 22.2. The summed E-state index contributed by atoms with van der Waals surface area (Å²) in [7, 11) is -2.48. The van der Waals surface area contributed by atoms with Gasteiger partial charge in [-0.15, -0.1) is 0 Å². The summed E-state index contributed by atoms with van der Waals surface area (Å²) in [5.74, 6) is 1.98. The highest BCUT2D eigenvalue weighted by molar-refractivity contribution is 7.92. The Hall–Kier alpha value is -2.92. The second kappa shape index (κ2) is 12.3. The van der Waals surface area contributed by atoms with Crippen LogP contribution in [0.4, 0.5) is 11.5 Å². The Morgan fingerprint density at radius 1 is 1.15 bits per heavy atom. The van der Waals surface area contributed by atoms with Crippen LogP contribution in [0.1, 0.15) is 49.0 Å². The molecule has 3 aromatic rings. The first-order valence-corrected chi connectivity index (χ1v) is 15.9. The van der Waals surface area contributed by atoms with Crippen molar-refractivity contribution in [1.82, 2.24) is 9.97 Å². The quantitative estimate of drug-likeness (QED) is 0.264. The molecule has 5 rings (SSSR count). The summed E-state index contributed by atoms with van der Waals surface area (Å²) in [6, 6.07) is 9.31. The van der Waals surface area contributed by atoms with E-state index in [1.54, 1.807) is 6.20 Å². The fourth-order valence-corrected chi connectivity index (χ4v) is 6.77. The van der Waals surface area contributed by atoms with Crippen LogP contribution in [0.15, 0.2) is 48.9 Å². The van der Waals surface area contributed by atoms with Crippen LogP contribution in [-0.4, -0.2) is 57.3 Å². The summed E-state index contributed by atoms with van der Waals surface area (Å²) in [4.78, 5) is 10.6. The van der Waals surface area contributed by atoms with Crippen molar-refractivity contribution < 1.29 is 13.7 Å². The predicted octanol–water partition coefficient (Wildman–Crippen LogP) is 6.14. The van der Waals surface area contributed by atoms with Crippen LogP contribution in [0.25, 0.3) is 0 Å². The molecule has 212 valence electrons. The molecule has 0 bridgehead atoms. The number of aromatic nitrogens is 2. The number of benzene rings is 1. The van der Waals surface area contributed by atoms with Crippen LogP contribution in [-0.2, 0) is 14.5 Å². The van der Waals surface area contributed by atoms with E-state index in [2.05, 4.69) is 15.3 Å². The third-order valence-corrected chi connectivity index (χ3v) is 9.40. The summed E-state index contributed by atoms with van der Waals surface area (Å²) in [6.07, 6.45) is 7.17. The molecule has 2 aliphatic heterocycles. The third kappa shape index (κ3) is 6.68. The van der Waals surface area contributed by atoms with Crippen molar-refractivity contribution in [3.8, 4) is 5.75 Å². The first-order chi connectivity index (χ1) is 19.2. The van der Waals surface area contributed by atoms with E-state index in [1.165, 1.54) is 12.4 Å². The molecule has 2 aromatic heterocycles. The number of pyridine rings is 2. The Balaban J connectivity index is 1.40. The number of hydrogen-bond acceptors (Lipinski definition) is 9. The molecule has 40 heavy (non-hydrogen) atoms. The zero-order valence-corrected chi connectivity index (χ0v) is 24.5. The molecular weight excluding hydrogens is 571 g/mol. The molecule has 9 nitrogen and oxygen atoms in total. The topological polar surface area (TPSA) is 124 Å². The summed E-state index contributed by atoms with van der Waals surface area (Å²) < 4.78 is 32.0. The first-order valence-electron chi connectivity index (χ1n) is 13.2. The SMILES string of the molecule is C[C@H](Oc1ccc(NC2CCCCO2)c(C(=N)c2ccc(N3CCS(=N)(=O)CC3)nc2)c1)c1c(Cl)cncc1Cl. The van der Waals surface area contributed by atoms with Gasteiger partial charge >= 0.3 is 0 Å². The van der Waals surface area contributed by atoms with Gasteiger partial charge in [-0.25, -0.2) is 9.19 Å². The molecule has 12 heteroatoms. The van der Waals surface area contributed by atoms with E-state index in [1.807, 2.05) is 42.2 Å². The maximum absolute atomic E-state index is 12.0. The maximum Gasteiger partial charge on any atom is 0.128 e. The normalized spacial score (nSPS) is 19.6. The smallest absolute Gasteiger partial charge is 0.128 e. The predicted molar refractivity (Wildman–Crippen MR) is 160 cm³/mol. The first kappa shape index (κ1) is 28.6. The van der Waals surface area contributed by atoms with E-state index >= 15 is 0 Å². The average molecular weight is 604 g/mol. The van der Waals surface area contributed by atoms with Crippen LogP contribution in [0.5, 0.6) is 5.75 Å². The molecule has 2 aliphatic rings. The van der Waals surface area contributed by atoms with Crippen LogP contribution in [0.2, 0.25) is 10.0 Å². The summed E-state index contributed by atoms with van der Waals surface area (Å²) in [5.41, 5.74) is 2.98. The standard InChI is InChI=1S/C28H32Cl2N6O3S/c1-18(27-22(29)16-33-17-23(27)30)39-20-6-7-24(35-26-4-2-3-11-38-26)21(14-20)28(31)19-5-8-25(34-15-19)36-9-12-40(32,37)13-10-36/h5-8,14-18,26,31-32,35H,2-4,9-13H2,1H3/t18-,26?/m0/s1. The van der Waals surface area contributed by atoms with Gasteiger partial charge in [-0.05, 0) is 56.5 Å². The number of nitrogens with one attached hydrogen (secondary N) is 3. The summed E-state index contributed by atoms with van der Waals surface area (Å²) in [6.45, 7) is 3.63. The Bertz CT molecular complexity index is 1450. The largest absolute Gasteiger partial charge is 0.486 e. The van der Waals surface area contributed by atoms with Gasteiger partial charge in [0.1, 0.15) is 23.9 Å². The van der Waals surface area contributed by atoms with Crippen LogP contribution < -0.4 is 15.0 Å². The number of hydrogen-bond donors (Lipinski definition) is 3. The van der Waals surface area contributed by atoms with Crippen molar-refractivity contribution in [2.75, 3.05) is 41.4 Å². The Labute approximate surface area is 244 Å². The van der Waals surface area contributed by atoms with Gasteiger partial charge in [-0.1, -0.05) is 23.2 Å². The molecule has 0 radical (unpaired) electrons. The van der Waals surface area contributed by atoms with E-state index in [-0.39, 0.29) is 11.9 Å². The van der Waals surface area contributed by atoms with E-state index in [9.17, 15) is 4.21 Å². The minimum absolute atomic E-state index is 0.132. The number of ether oxygens (including phenoxy) is 2. The highest BCUT2D eigenvalue weighted by Crippen LogP contribution is 2.34. The van der Waals surface area contributed by atoms with E-state index < -0.39 is 15.8 Å². The lowest BCUT2D eigenvalue weighted by atomic mass is 10.0. The molecule has 0 saturated carbocycles. The lowest BCUT2D eigenvalue weighted by Crippen LogP contribution is -2.40. The number of rotatable bonds is 8. The molecule has 2 atom stereocenters. The second-order valence-electron chi connectivity index (χ2n) is 9.97. The van der Waals surface area contributed by atoms with Gasteiger partial charge in [0.2, 0.25) is 0 Å². The van der Waals surface area contributed by atoms with Gasteiger partial charge in [-0.2, -0.15) is 0 Å². The van der Waals surface area contributed by atoms with E-state index in [0.717, 1.165) is 30.8 Å². The summed E-state index contributed by atoms with van der Waals surface area (Å²) >= 11 is 12.7. The fourth-order valence-electron chi connectivity index (χ4n) is 4.86. The maximum atomic E-state index is 12.0. The Morgan fingerprint density at radius 2 is 1.90 bits per heavy atom. The van der Waals surface area contributed by atoms with Crippen molar-refractivity contribution in [2.24, 2.45) is 0 Å². The highest BCUT2D eigenvalue weighted by Gasteiger charge is 2.22. The summed E-state index contributed by atoms with van der Waals surface area (Å²) in [5, 5.41) is 13.4. The molecule has 4 heterocycles. The second-order valence-corrected chi connectivity index (χ2v) is 13.2. The highest BCUT2D eigenvalue weighted by atomic mass is 35.5. The zero-order chi connectivity index (χ0) is 28.3. The van der Waals surface area contributed by atoms with Crippen molar-refractivity contribution in [1.29, 1.82) is 10.2 Å². The molecule has 0 aliphatic carbocycles. The molecule has 2 saturated heterocycles. The van der Waals surface area contributed by atoms with Crippen molar-refractivity contribution in [3.05, 3.63) is 75.7 Å². The number of halogens is 2. The molecule has 3 N–H and O–H groups in total. The minimum atomic E-state index is -2.48. The average Bonchev–Trinajstić information content (AvgIpc) is 2.94. The van der Waals surface area contributed by atoms with Crippen molar-refractivity contribution >= 4 is 50.1 Å². The fraction of sp³-hybridized carbons (Fsp3) is 0.393. The van der Waals surface area contributed by atoms with Crippen LogP contribution >= 0.6 is 23.2 Å². The molecule has 2 fully saturated rings. The van der Waals surface area contributed by atoms with Gasteiger partial charge in [0, 0.05) is 81.9 Å². The van der Waals surface area contributed by atoms with Gasteiger partial charge in [0.05, 0.1) is 15.8 Å². The molecule has 0 amide bonds. The van der Waals surface area contributed by atoms with Gasteiger partial charge in [-0.3, -0.25) is 15.2 Å². The molecule has 1 aromatic carbocycles. The van der Waals surface area contributed by atoms with Crippen LogP contribution in [0, 0.1) is 10.2 Å². The lowest BCUT2D eigenvalue weighted by Gasteiger charge is -2.29. The monoisotopic (exact) mass is 602 g/mol.